The van der Waals surface area contributed by atoms with E-state index < -0.39 is 0 Å². The molecule has 2 fully saturated rings. The van der Waals surface area contributed by atoms with Gasteiger partial charge in [0.1, 0.15) is 11.6 Å². The number of hydrogen-bond donors (Lipinski definition) is 1. The molecule has 1 aromatic rings. The molecular weight excluding hydrogens is 218 g/mol. The van der Waals surface area contributed by atoms with Crippen LogP contribution in [0.4, 0.5) is 5.82 Å². The molecule has 1 aliphatic heterocycles. The molecule has 0 spiro atoms. The first-order valence-corrected chi connectivity index (χ1v) is 7.14. The molecule has 1 aliphatic carbocycles. The van der Waals surface area contributed by atoms with E-state index in [-0.39, 0.29) is 0 Å². The van der Waals surface area contributed by atoms with Gasteiger partial charge in [0.05, 0.1) is 5.25 Å². The number of anilines is 1. The number of thioether (sulfide) groups is 1. The number of aromatic nitrogens is 2. The summed E-state index contributed by atoms with van der Waals surface area (Å²) in [5, 5.41) is 0.481. The second-order valence-corrected chi connectivity index (χ2v) is 6.02. The predicted octanol–water partition coefficient (Wildman–Crippen LogP) is 2.89. The van der Waals surface area contributed by atoms with Crippen LogP contribution in [0.25, 0.3) is 0 Å². The van der Waals surface area contributed by atoms with E-state index in [0.717, 1.165) is 5.82 Å². The first kappa shape index (κ1) is 10.4. The van der Waals surface area contributed by atoms with Gasteiger partial charge in [-0.25, -0.2) is 9.97 Å². The van der Waals surface area contributed by atoms with E-state index in [0.29, 0.717) is 17.0 Å². The number of rotatable bonds is 2. The van der Waals surface area contributed by atoms with Gasteiger partial charge in [-0.1, -0.05) is 6.42 Å². The number of nitrogen functional groups attached to an aromatic ring is 1. The lowest BCUT2D eigenvalue weighted by Crippen LogP contribution is -2.09. The predicted molar refractivity (Wildman–Crippen MR) is 67.5 cm³/mol. The molecule has 2 aliphatic rings. The van der Waals surface area contributed by atoms with E-state index in [2.05, 4.69) is 4.98 Å². The fraction of sp³-hybridized carbons (Fsp3) is 0.667. The lowest BCUT2D eigenvalue weighted by atomic mass is 10.1. The Morgan fingerprint density at radius 3 is 2.75 bits per heavy atom. The fourth-order valence-electron chi connectivity index (χ4n) is 2.18. The summed E-state index contributed by atoms with van der Waals surface area (Å²) < 4.78 is 0. The number of nitrogens with zero attached hydrogens (tertiary/aromatic N) is 2. The third-order valence-corrected chi connectivity index (χ3v) is 4.62. The summed E-state index contributed by atoms with van der Waals surface area (Å²) in [6.07, 6.45) is 6.38. The molecule has 2 heterocycles. The molecular formula is C12H17N3S. The maximum Gasteiger partial charge on any atom is 0.143 e. The third-order valence-electron chi connectivity index (χ3n) is 3.25. The van der Waals surface area contributed by atoms with Gasteiger partial charge in [-0.15, -0.1) is 0 Å². The Hall–Kier alpha value is -0.770. The van der Waals surface area contributed by atoms with Crippen LogP contribution in [0.15, 0.2) is 6.07 Å². The Morgan fingerprint density at radius 2 is 2.06 bits per heavy atom. The van der Waals surface area contributed by atoms with Crippen LogP contribution in [0.3, 0.4) is 0 Å². The van der Waals surface area contributed by atoms with Gasteiger partial charge in [0, 0.05) is 17.7 Å². The normalized spacial score (nSPS) is 25.6. The summed E-state index contributed by atoms with van der Waals surface area (Å²) in [5.74, 6) is 3.53. The van der Waals surface area contributed by atoms with Crippen molar-refractivity contribution in [2.24, 2.45) is 0 Å². The van der Waals surface area contributed by atoms with Gasteiger partial charge in [0.15, 0.2) is 0 Å². The summed E-state index contributed by atoms with van der Waals surface area (Å²) in [4.78, 5) is 9.12. The summed E-state index contributed by atoms with van der Waals surface area (Å²) in [6.45, 7) is 0. The van der Waals surface area contributed by atoms with Gasteiger partial charge in [0.25, 0.3) is 0 Å². The molecule has 0 amide bonds. The van der Waals surface area contributed by atoms with Gasteiger partial charge < -0.3 is 5.73 Å². The van der Waals surface area contributed by atoms with Gasteiger partial charge in [-0.3, -0.25) is 0 Å². The second-order valence-electron chi connectivity index (χ2n) is 4.71. The van der Waals surface area contributed by atoms with Crippen molar-refractivity contribution < 1.29 is 0 Å². The minimum absolute atomic E-state index is 0.481. The third kappa shape index (κ3) is 2.17. The zero-order chi connectivity index (χ0) is 11.0. The first-order valence-electron chi connectivity index (χ1n) is 6.09. The van der Waals surface area contributed by atoms with Crippen molar-refractivity contribution >= 4 is 17.6 Å². The average Bonchev–Trinajstić information content (AvgIpc) is 3.13. The quantitative estimate of drug-likeness (QED) is 0.856. The van der Waals surface area contributed by atoms with Crippen molar-refractivity contribution in [3.8, 4) is 0 Å². The summed E-state index contributed by atoms with van der Waals surface area (Å²) in [5.41, 5.74) is 7.05. The van der Waals surface area contributed by atoms with E-state index in [4.69, 9.17) is 10.7 Å². The first-order chi connectivity index (χ1) is 7.83. The minimum atomic E-state index is 0.481. The highest BCUT2D eigenvalue weighted by Gasteiger charge is 2.27. The highest BCUT2D eigenvalue weighted by atomic mass is 32.2. The molecule has 86 valence electrons. The molecule has 1 atom stereocenters. The Morgan fingerprint density at radius 1 is 1.19 bits per heavy atom. The topological polar surface area (TPSA) is 51.8 Å². The van der Waals surface area contributed by atoms with Crippen molar-refractivity contribution in [2.45, 2.75) is 43.3 Å². The Bertz CT molecular complexity index is 384. The maximum atomic E-state index is 5.87. The van der Waals surface area contributed by atoms with Gasteiger partial charge in [0.2, 0.25) is 0 Å². The van der Waals surface area contributed by atoms with E-state index in [1.165, 1.54) is 43.6 Å². The van der Waals surface area contributed by atoms with E-state index in [1.807, 2.05) is 17.8 Å². The summed E-state index contributed by atoms with van der Waals surface area (Å²) in [6, 6.07) is 1.95. The van der Waals surface area contributed by atoms with Crippen LogP contribution in [0.5, 0.6) is 0 Å². The van der Waals surface area contributed by atoms with Crippen LogP contribution in [-0.2, 0) is 0 Å². The van der Waals surface area contributed by atoms with E-state index in [1.54, 1.807) is 0 Å². The lowest BCUT2D eigenvalue weighted by Gasteiger charge is -2.20. The molecule has 3 rings (SSSR count). The zero-order valence-electron chi connectivity index (χ0n) is 9.35. The lowest BCUT2D eigenvalue weighted by molar-refractivity contribution is 0.659. The molecule has 1 unspecified atom stereocenters. The van der Waals surface area contributed by atoms with E-state index in [9.17, 15) is 0 Å². The molecule has 0 radical (unpaired) electrons. The van der Waals surface area contributed by atoms with Crippen LogP contribution < -0.4 is 5.73 Å². The average molecular weight is 235 g/mol. The second kappa shape index (κ2) is 4.24. The van der Waals surface area contributed by atoms with Crippen LogP contribution in [0.1, 0.15) is 54.8 Å². The fourth-order valence-corrected chi connectivity index (χ4v) is 3.43. The summed E-state index contributed by atoms with van der Waals surface area (Å²) >= 11 is 1.99. The van der Waals surface area contributed by atoms with Gasteiger partial charge >= 0.3 is 0 Å². The van der Waals surface area contributed by atoms with Crippen molar-refractivity contribution in [3.05, 3.63) is 17.6 Å². The standard InChI is InChI=1S/C12H17N3S/c13-11-7-9(8-4-5-8)14-12(15-11)10-3-1-2-6-16-10/h7-8,10H,1-6H2,(H2,13,14,15). The van der Waals surface area contributed by atoms with Gasteiger partial charge in [-0.05, 0) is 31.4 Å². The largest absolute Gasteiger partial charge is 0.384 e. The Labute approximate surface area is 100 Å². The molecule has 0 bridgehead atoms. The molecule has 1 saturated heterocycles. The van der Waals surface area contributed by atoms with Crippen molar-refractivity contribution in [1.82, 2.24) is 9.97 Å². The zero-order valence-corrected chi connectivity index (χ0v) is 10.2. The van der Waals surface area contributed by atoms with Gasteiger partial charge in [-0.2, -0.15) is 11.8 Å². The Kier molecular flexibility index (Phi) is 2.75. The molecule has 1 aromatic heterocycles. The molecule has 1 saturated carbocycles. The van der Waals surface area contributed by atoms with Crippen molar-refractivity contribution in [3.63, 3.8) is 0 Å². The maximum absolute atomic E-state index is 5.87. The monoisotopic (exact) mass is 235 g/mol. The SMILES string of the molecule is Nc1cc(C2CC2)nc(C2CCCCS2)n1. The minimum Gasteiger partial charge on any atom is -0.384 e. The molecule has 3 nitrogen and oxygen atoms in total. The van der Waals surface area contributed by atoms with Crippen LogP contribution in [0.2, 0.25) is 0 Å². The highest BCUT2D eigenvalue weighted by molar-refractivity contribution is 7.99. The molecule has 2 N–H and O–H groups in total. The van der Waals surface area contributed by atoms with E-state index >= 15 is 0 Å². The van der Waals surface area contributed by atoms with Crippen LogP contribution >= 0.6 is 11.8 Å². The number of hydrogen-bond acceptors (Lipinski definition) is 4. The highest BCUT2D eigenvalue weighted by Crippen LogP contribution is 2.41. The summed E-state index contributed by atoms with van der Waals surface area (Å²) in [7, 11) is 0. The van der Waals surface area contributed by atoms with Crippen molar-refractivity contribution in [1.29, 1.82) is 0 Å². The van der Waals surface area contributed by atoms with Crippen molar-refractivity contribution in [2.75, 3.05) is 11.5 Å². The van der Waals surface area contributed by atoms with Crippen LogP contribution in [-0.4, -0.2) is 15.7 Å². The molecule has 0 aromatic carbocycles. The smallest absolute Gasteiger partial charge is 0.143 e. The Balaban J connectivity index is 1.86. The number of nitrogens with two attached hydrogens (primary N) is 1. The molecule has 4 heteroatoms. The molecule has 16 heavy (non-hydrogen) atoms. The van der Waals surface area contributed by atoms with Crippen LogP contribution in [0, 0.1) is 0 Å².